The summed E-state index contributed by atoms with van der Waals surface area (Å²) in [6, 6.07) is 13.6. The van der Waals surface area contributed by atoms with E-state index in [1.165, 1.54) is 16.8 Å². The summed E-state index contributed by atoms with van der Waals surface area (Å²) in [5.74, 6) is -1.44. The highest BCUT2D eigenvalue weighted by Gasteiger charge is 2.31. The molecule has 0 unspecified atom stereocenters. The number of pyridine rings is 2. The van der Waals surface area contributed by atoms with Gasteiger partial charge in [0.2, 0.25) is 0 Å². The van der Waals surface area contributed by atoms with Crippen LogP contribution in [-0.4, -0.2) is 32.2 Å². The van der Waals surface area contributed by atoms with Crippen molar-refractivity contribution < 1.29 is 19.0 Å². The van der Waals surface area contributed by atoms with Gasteiger partial charge in [-0.3, -0.25) is 4.79 Å². The molecule has 36 heavy (non-hydrogen) atoms. The van der Waals surface area contributed by atoms with Crippen molar-refractivity contribution in [2.75, 3.05) is 6.61 Å². The van der Waals surface area contributed by atoms with Crippen molar-refractivity contribution in [2.24, 2.45) is 0 Å². The van der Waals surface area contributed by atoms with E-state index in [-0.39, 0.29) is 34.3 Å². The van der Waals surface area contributed by atoms with E-state index in [0.29, 0.717) is 47.0 Å². The summed E-state index contributed by atoms with van der Waals surface area (Å²) in [7, 11) is 0. The molecule has 3 aromatic heterocycles. The lowest BCUT2D eigenvalue weighted by atomic mass is 9.97. The number of hydrogen-bond donors (Lipinski definition) is 2. The zero-order valence-electron chi connectivity index (χ0n) is 18.8. The largest absolute Gasteiger partial charge is 0.492 e. The fraction of sp³-hybridized carbons (Fsp3) is 0.148. The number of nitrogens with one attached hydrogen (secondary N) is 1. The maximum atomic E-state index is 15.3. The van der Waals surface area contributed by atoms with Gasteiger partial charge in [0.25, 0.3) is 5.56 Å². The van der Waals surface area contributed by atoms with E-state index in [1.54, 1.807) is 18.2 Å². The Morgan fingerprint density at radius 3 is 2.86 bits per heavy atom. The van der Waals surface area contributed by atoms with Gasteiger partial charge < -0.3 is 19.4 Å². The molecule has 7 nitrogen and oxygen atoms in total. The molecule has 0 spiro atoms. The maximum absolute atomic E-state index is 15.3. The minimum Gasteiger partial charge on any atom is -0.492 e. The second kappa shape index (κ2) is 8.49. The summed E-state index contributed by atoms with van der Waals surface area (Å²) in [6.07, 6.45) is 2.58. The first kappa shape index (κ1) is 22.3. The first-order valence-corrected chi connectivity index (χ1v) is 11.8. The van der Waals surface area contributed by atoms with E-state index >= 15 is 4.39 Å². The topological polar surface area (TPSA) is 97.2 Å². The molecule has 0 fully saturated rings. The molecule has 0 radical (unpaired) electrons. The quantitative estimate of drug-likeness (QED) is 0.320. The fourth-order valence-corrected chi connectivity index (χ4v) is 5.30. The van der Waals surface area contributed by atoms with E-state index < -0.39 is 17.3 Å². The lowest BCUT2D eigenvalue weighted by Gasteiger charge is -2.20. The molecule has 1 aliphatic heterocycles. The van der Waals surface area contributed by atoms with Crippen molar-refractivity contribution in [1.29, 1.82) is 0 Å². The maximum Gasteiger partial charge on any atom is 0.353 e. The number of aromatic nitrogens is 3. The molecule has 9 heteroatoms. The van der Waals surface area contributed by atoms with Crippen molar-refractivity contribution in [1.82, 2.24) is 14.5 Å². The van der Waals surface area contributed by atoms with Gasteiger partial charge in [-0.15, -0.1) is 0 Å². The van der Waals surface area contributed by atoms with Crippen LogP contribution in [0.15, 0.2) is 59.5 Å². The van der Waals surface area contributed by atoms with E-state index in [0.717, 1.165) is 5.39 Å². The third-order valence-electron chi connectivity index (χ3n) is 6.56. The first-order chi connectivity index (χ1) is 17.4. The number of halogens is 2. The zero-order chi connectivity index (χ0) is 25.0. The Bertz CT molecular complexity index is 1760. The Balaban J connectivity index is 1.74. The smallest absolute Gasteiger partial charge is 0.353 e. The summed E-state index contributed by atoms with van der Waals surface area (Å²) in [6.45, 7) is 0.429. The van der Waals surface area contributed by atoms with Gasteiger partial charge in [0.15, 0.2) is 0 Å². The highest BCUT2D eigenvalue weighted by atomic mass is 35.5. The van der Waals surface area contributed by atoms with Crippen LogP contribution in [0.2, 0.25) is 5.15 Å². The number of H-pyrrole nitrogens is 1. The monoisotopic (exact) mass is 503 g/mol. The van der Waals surface area contributed by atoms with Crippen molar-refractivity contribution in [3.05, 3.63) is 92.9 Å². The summed E-state index contributed by atoms with van der Waals surface area (Å²) in [5.41, 5.74) is 1.83. The highest BCUT2D eigenvalue weighted by Crippen LogP contribution is 2.44. The average Bonchev–Trinajstić information content (AvgIpc) is 3.18. The Labute approximate surface area is 208 Å². The Hall–Kier alpha value is -4.17. The van der Waals surface area contributed by atoms with Gasteiger partial charge in [0.05, 0.1) is 28.6 Å². The van der Waals surface area contributed by atoms with E-state index in [1.807, 2.05) is 24.3 Å². The number of fused-ring (bicyclic) bond motifs is 4. The van der Waals surface area contributed by atoms with Crippen molar-refractivity contribution in [3.63, 3.8) is 0 Å². The van der Waals surface area contributed by atoms with E-state index in [4.69, 9.17) is 16.3 Å². The van der Waals surface area contributed by atoms with Crippen LogP contribution in [0.25, 0.3) is 32.9 Å². The zero-order valence-corrected chi connectivity index (χ0v) is 19.6. The number of benzene rings is 2. The molecule has 4 heterocycles. The van der Waals surface area contributed by atoms with Crippen LogP contribution in [0.1, 0.15) is 28.0 Å². The number of rotatable bonds is 4. The summed E-state index contributed by atoms with van der Waals surface area (Å²) in [4.78, 5) is 32.6. The van der Waals surface area contributed by atoms with E-state index in [2.05, 4.69) is 9.97 Å². The van der Waals surface area contributed by atoms with Crippen molar-refractivity contribution in [2.45, 2.75) is 19.4 Å². The SMILES string of the molecule is O=C(O)c1c(-c2ccc[nH]c2=O)c2c3c(c(F)cc2n1Cc1cc(Cl)nc2ccccc12)CCCO3. The number of para-hydroxylation sites is 1. The third-order valence-corrected chi connectivity index (χ3v) is 6.76. The number of carbonyl (C=O) groups is 1. The van der Waals surface area contributed by atoms with Crippen molar-refractivity contribution in [3.8, 4) is 16.9 Å². The number of nitrogens with zero attached hydrogens (tertiary/aromatic N) is 2. The molecular formula is C27H19ClFN3O4. The molecule has 0 bridgehead atoms. The number of carboxylic acids is 1. The van der Waals surface area contributed by atoms with Gasteiger partial charge in [-0.25, -0.2) is 14.2 Å². The average molecular weight is 504 g/mol. The molecule has 5 aromatic rings. The van der Waals surface area contributed by atoms with Crippen LogP contribution in [-0.2, 0) is 13.0 Å². The lowest BCUT2D eigenvalue weighted by Crippen LogP contribution is -2.14. The molecule has 0 atom stereocenters. The summed E-state index contributed by atoms with van der Waals surface area (Å²) in [5, 5.41) is 11.9. The normalized spacial score (nSPS) is 13.1. The van der Waals surface area contributed by atoms with Crippen LogP contribution in [0.5, 0.6) is 5.75 Å². The highest BCUT2D eigenvalue weighted by molar-refractivity contribution is 6.30. The predicted molar refractivity (Wildman–Crippen MR) is 135 cm³/mol. The van der Waals surface area contributed by atoms with Crippen LogP contribution < -0.4 is 10.3 Å². The molecule has 0 amide bonds. The fourth-order valence-electron chi connectivity index (χ4n) is 5.08. The van der Waals surface area contributed by atoms with E-state index in [9.17, 15) is 14.7 Å². The molecule has 6 rings (SSSR count). The number of ether oxygens (including phenoxy) is 1. The molecule has 1 aliphatic rings. The van der Waals surface area contributed by atoms with Gasteiger partial charge in [-0.1, -0.05) is 29.8 Å². The van der Waals surface area contributed by atoms with Crippen LogP contribution in [0.4, 0.5) is 4.39 Å². The predicted octanol–water partition coefficient (Wildman–Crippen LogP) is 5.41. The lowest BCUT2D eigenvalue weighted by molar-refractivity contribution is 0.0687. The Morgan fingerprint density at radius 2 is 2.06 bits per heavy atom. The minimum atomic E-state index is -1.25. The molecule has 2 N–H and O–H groups in total. The van der Waals surface area contributed by atoms with Crippen LogP contribution >= 0.6 is 11.6 Å². The summed E-state index contributed by atoms with van der Waals surface area (Å²) >= 11 is 6.29. The molecule has 0 aliphatic carbocycles. The van der Waals surface area contributed by atoms with Crippen LogP contribution in [0.3, 0.4) is 0 Å². The molecule has 180 valence electrons. The van der Waals surface area contributed by atoms with Gasteiger partial charge in [0, 0.05) is 29.3 Å². The number of aromatic carboxylic acids is 1. The molecule has 0 saturated heterocycles. The molecular weight excluding hydrogens is 485 g/mol. The third kappa shape index (κ3) is 3.45. The second-order valence-corrected chi connectivity index (χ2v) is 9.05. The van der Waals surface area contributed by atoms with Gasteiger partial charge in [0.1, 0.15) is 22.4 Å². The minimum absolute atomic E-state index is 0.0594. The Kier molecular flexibility index (Phi) is 5.26. The van der Waals surface area contributed by atoms with Crippen molar-refractivity contribution >= 4 is 39.4 Å². The van der Waals surface area contributed by atoms with Gasteiger partial charge >= 0.3 is 5.97 Å². The Morgan fingerprint density at radius 1 is 1.22 bits per heavy atom. The molecule has 2 aromatic carbocycles. The number of aromatic amines is 1. The molecule has 0 saturated carbocycles. The van der Waals surface area contributed by atoms with Crippen LogP contribution in [0, 0.1) is 5.82 Å². The summed E-state index contributed by atoms with van der Waals surface area (Å²) < 4.78 is 22.8. The first-order valence-electron chi connectivity index (χ1n) is 11.4. The second-order valence-electron chi connectivity index (χ2n) is 8.66. The standard InChI is InChI=1S/C27H19ClFN3O4/c28-21-11-14(15-5-1-2-8-19(15)31-21)13-32-20-12-18(29)16-7-4-10-36-25(16)23(20)22(24(32)27(34)35)17-6-3-9-30-26(17)33/h1-3,5-6,8-9,11-12H,4,7,10,13H2,(H,30,33)(H,34,35). The van der Waals surface area contributed by atoms with Gasteiger partial charge in [-0.05, 0) is 48.7 Å². The number of hydrogen-bond acceptors (Lipinski definition) is 4. The van der Waals surface area contributed by atoms with Gasteiger partial charge in [-0.2, -0.15) is 0 Å². The number of carboxylic acid groups (broad SMARTS) is 1.